The van der Waals surface area contributed by atoms with E-state index in [4.69, 9.17) is 10.5 Å². The molecule has 0 aromatic carbocycles. The first kappa shape index (κ1) is 13.9. The molecule has 0 aromatic heterocycles. The lowest BCUT2D eigenvalue weighted by Crippen LogP contribution is -2.42. The molecule has 2 aliphatic carbocycles. The summed E-state index contributed by atoms with van der Waals surface area (Å²) < 4.78 is 5.21. The second kappa shape index (κ2) is 4.52. The quantitative estimate of drug-likeness (QED) is 0.783. The first-order chi connectivity index (χ1) is 8.38. The Morgan fingerprint density at radius 2 is 2.11 bits per heavy atom. The van der Waals surface area contributed by atoms with E-state index in [1.54, 1.807) is 0 Å². The lowest BCUT2D eigenvalue weighted by molar-refractivity contribution is -0.152. The Bertz CT molecular complexity index is 339. The lowest BCUT2D eigenvalue weighted by atomic mass is 9.63. The van der Waals surface area contributed by atoms with Gasteiger partial charge in [0.1, 0.15) is 0 Å². The van der Waals surface area contributed by atoms with Crippen molar-refractivity contribution in [3.63, 3.8) is 0 Å². The van der Waals surface area contributed by atoms with Gasteiger partial charge in [0.05, 0.1) is 12.5 Å². The minimum absolute atomic E-state index is 0.0884. The molecule has 104 valence electrons. The van der Waals surface area contributed by atoms with Crippen molar-refractivity contribution in [2.75, 3.05) is 13.2 Å². The van der Waals surface area contributed by atoms with E-state index in [-0.39, 0.29) is 17.3 Å². The summed E-state index contributed by atoms with van der Waals surface area (Å²) in [6, 6.07) is 0. The maximum atomic E-state index is 12.1. The third kappa shape index (κ3) is 1.70. The monoisotopic (exact) mass is 253 g/mol. The number of hydrogen-bond donors (Lipinski definition) is 1. The van der Waals surface area contributed by atoms with Crippen LogP contribution in [0.25, 0.3) is 0 Å². The molecule has 2 N–H and O–H groups in total. The average molecular weight is 253 g/mol. The van der Waals surface area contributed by atoms with Gasteiger partial charge < -0.3 is 10.5 Å². The zero-order chi connectivity index (χ0) is 13.6. The number of hydrogen-bond acceptors (Lipinski definition) is 3. The molecule has 0 radical (unpaired) electrons. The summed E-state index contributed by atoms with van der Waals surface area (Å²) in [4.78, 5) is 12.1. The Kier molecular flexibility index (Phi) is 3.48. The van der Waals surface area contributed by atoms with Gasteiger partial charge in [0.2, 0.25) is 0 Å². The van der Waals surface area contributed by atoms with Crippen molar-refractivity contribution in [3.8, 4) is 0 Å². The minimum Gasteiger partial charge on any atom is -0.466 e. The van der Waals surface area contributed by atoms with Crippen LogP contribution >= 0.6 is 0 Å². The fourth-order valence-electron chi connectivity index (χ4n) is 4.55. The number of fused-ring (bicyclic) bond motifs is 2. The maximum Gasteiger partial charge on any atom is 0.310 e. The number of carbonyl (C=O) groups is 1. The second-order valence-corrected chi connectivity index (χ2v) is 6.81. The third-order valence-electron chi connectivity index (χ3n) is 6.19. The Morgan fingerprint density at radius 1 is 1.44 bits per heavy atom. The zero-order valence-electron chi connectivity index (χ0n) is 12.2. The largest absolute Gasteiger partial charge is 0.466 e. The molecule has 0 unspecified atom stereocenters. The molecular weight excluding hydrogens is 226 g/mol. The summed E-state index contributed by atoms with van der Waals surface area (Å²) >= 11 is 0. The molecule has 0 amide bonds. The second-order valence-electron chi connectivity index (χ2n) is 6.81. The van der Waals surface area contributed by atoms with Crippen molar-refractivity contribution in [3.05, 3.63) is 0 Å². The van der Waals surface area contributed by atoms with Crippen molar-refractivity contribution < 1.29 is 9.53 Å². The van der Waals surface area contributed by atoms with Gasteiger partial charge in [-0.1, -0.05) is 20.8 Å². The Morgan fingerprint density at radius 3 is 2.50 bits per heavy atom. The Balaban J connectivity index is 2.22. The molecule has 3 nitrogen and oxygen atoms in total. The molecule has 3 heteroatoms. The first-order valence-corrected chi connectivity index (χ1v) is 7.25. The predicted molar refractivity (Wildman–Crippen MR) is 71.9 cm³/mol. The topological polar surface area (TPSA) is 52.3 Å². The summed E-state index contributed by atoms with van der Waals surface area (Å²) in [7, 11) is 0. The van der Waals surface area contributed by atoms with Gasteiger partial charge in [0, 0.05) is 6.54 Å². The molecule has 2 aliphatic rings. The standard InChI is InChI=1S/C15H27NO2/c1-5-18-13(17)11(9-16)12-8-10-6-7-15(12,4)14(10,2)3/h10-12H,5-9,16H2,1-4H3/t10-,11+,12-,15+/m0/s1. The van der Waals surface area contributed by atoms with E-state index in [1.807, 2.05) is 6.92 Å². The van der Waals surface area contributed by atoms with Crippen LogP contribution in [-0.4, -0.2) is 19.1 Å². The van der Waals surface area contributed by atoms with Gasteiger partial charge in [0.15, 0.2) is 0 Å². The smallest absolute Gasteiger partial charge is 0.310 e. The third-order valence-corrected chi connectivity index (χ3v) is 6.19. The van der Waals surface area contributed by atoms with Crippen molar-refractivity contribution in [2.24, 2.45) is 34.3 Å². The van der Waals surface area contributed by atoms with E-state index in [0.29, 0.717) is 24.5 Å². The van der Waals surface area contributed by atoms with E-state index in [0.717, 1.165) is 12.3 Å². The number of carbonyl (C=O) groups excluding carboxylic acids is 1. The van der Waals surface area contributed by atoms with Crippen molar-refractivity contribution in [1.29, 1.82) is 0 Å². The molecule has 0 aliphatic heterocycles. The fourth-order valence-corrected chi connectivity index (χ4v) is 4.55. The molecule has 2 fully saturated rings. The number of nitrogens with two attached hydrogens (primary N) is 1. The highest BCUT2D eigenvalue weighted by Gasteiger charge is 2.63. The molecule has 2 bridgehead atoms. The molecule has 2 saturated carbocycles. The summed E-state index contributed by atoms with van der Waals surface area (Å²) in [6.45, 7) is 9.81. The van der Waals surface area contributed by atoms with Crippen LogP contribution in [0.4, 0.5) is 0 Å². The Labute approximate surface area is 110 Å². The first-order valence-electron chi connectivity index (χ1n) is 7.25. The molecule has 0 spiro atoms. The maximum absolute atomic E-state index is 12.1. The predicted octanol–water partition coefficient (Wildman–Crippen LogP) is 2.59. The number of rotatable bonds is 4. The van der Waals surface area contributed by atoms with Crippen molar-refractivity contribution in [2.45, 2.75) is 47.0 Å². The number of esters is 1. The van der Waals surface area contributed by atoms with Crippen LogP contribution in [-0.2, 0) is 9.53 Å². The molecule has 18 heavy (non-hydrogen) atoms. The highest BCUT2D eigenvalue weighted by atomic mass is 16.5. The molecule has 2 rings (SSSR count). The van der Waals surface area contributed by atoms with Gasteiger partial charge >= 0.3 is 5.97 Å². The summed E-state index contributed by atoms with van der Waals surface area (Å²) in [5, 5.41) is 0. The van der Waals surface area contributed by atoms with Crippen LogP contribution in [0, 0.1) is 28.6 Å². The van der Waals surface area contributed by atoms with Gasteiger partial charge in [-0.05, 0) is 48.9 Å². The summed E-state index contributed by atoms with van der Waals surface area (Å²) in [5.74, 6) is 0.945. The van der Waals surface area contributed by atoms with Gasteiger partial charge in [0.25, 0.3) is 0 Å². The van der Waals surface area contributed by atoms with E-state index in [9.17, 15) is 4.79 Å². The van der Waals surface area contributed by atoms with Crippen molar-refractivity contribution >= 4 is 5.97 Å². The van der Waals surface area contributed by atoms with Gasteiger partial charge in [-0.25, -0.2) is 0 Å². The van der Waals surface area contributed by atoms with E-state index in [2.05, 4.69) is 20.8 Å². The highest BCUT2D eigenvalue weighted by molar-refractivity contribution is 5.73. The van der Waals surface area contributed by atoms with Crippen LogP contribution in [0.1, 0.15) is 47.0 Å². The molecule has 4 atom stereocenters. The minimum atomic E-state index is -0.112. The van der Waals surface area contributed by atoms with Crippen LogP contribution in [0.15, 0.2) is 0 Å². The normalized spacial score (nSPS) is 38.7. The lowest BCUT2D eigenvalue weighted by Gasteiger charge is -2.41. The van der Waals surface area contributed by atoms with Gasteiger partial charge in [-0.3, -0.25) is 4.79 Å². The van der Waals surface area contributed by atoms with Crippen LogP contribution in [0.5, 0.6) is 0 Å². The van der Waals surface area contributed by atoms with Crippen molar-refractivity contribution in [1.82, 2.24) is 0 Å². The SMILES string of the molecule is CCOC(=O)[C@H](CN)[C@@H]1C[C@@H]2CC[C@@]1(C)C2(C)C. The summed E-state index contributed by atoms with van der Waals surface area (Å²) in [5.41, 5.74) is 6.44. The van der Waals surface area contributed by atoms with E-state index < -0.39 is 0 Å². The molecule has 0 saturated heterocycles. The van der Waals surface area contributed by atoms with Crippen LogP contribution in [0.3, 0.4) is 0 Å². The van der Waals surface area contributed by atoms with Crippen LogP contribution < -0.4 is 5.73 Å². The summed E-state index contributed by atoms with van der Waals surface area (Å²) in [6.07, 6.45) is 3.68. The van der Waals surface area contributed by atoms with E-state index in [1.165, 1.54) is 12.8 Å². The van der Waals surface area contributed by atoms with Gasteiger partial charge in [-0.2, -0.15) is 0 Å². The molecule has 0 aromatic rings. The average Bonchev–Trinajstić information content (AvgIpc) is 2.63. The molecular formula is C15H27NO2. The van der Waals surface area contributed by atoms with Gasteiger partial charge in [-0.15, -0.1) is 0 Å². The fraction of sp³-hybridized carbons (Fsp3) is 0.933. The molecule has 0 heterocycles. The number of ether oxygens (including phenoxy) is 1. The Hall–Kier alpha value is -0.570. The van der Waals surface area contributed by atoms with E-state index >= 15 is 0 Å². The van der Waals surface area contributed by atoms with Crippen LogP contribution in [0.2, 0.25) is 0 Å². The zero-order valence-corrected chi connectivity index (χ0v) is 12.2. The highest BCUT2D eigenvalue weighted by Crippen LogP contribution is 2.69.